The highest BCUT2D eigenvalue weighted by Crippen LogP contribution is 2.19. The average Bonchev–Trinajstić information content (AvgIpc) is 2.58. The van der Waals surface area contributed by atoms with Crippen LogP contribution in [-0.4, -0.2) is 45.6 Å². The quantitative estimate of drug-likeness (QED) is 0.262. The number of rotatable bonds is 11. The van der Waals surface area contributed by atoms with E-state index >= 15 is 0 Å². The van der Waals surface area contributed by atoms with E-state index in [0.717, 1.165) is 24.3 Å². The molecule has 1 aromatic carbocycles. The molecule has 8 heteroatoms. The van der Waals surface area contributed by atoms with Crippen LogP contribution >= 0.6 is 24.0 Å². The summed E-state index contributed by atoms with van der Waals surface area (Å²) in [4.78, 5) is 4.64. The monoisotopic (exact) mass is 525 g/mol. The Bertz CT molecular complexity index is 694. The highest BCUT2D eigenvalue weighted by molar-refractivity contribution is 14.0. The van der Waals surface area contributed by atoms with Gasteiger partial charge in [-0.1, -0.05) is 32.0 Å². The number of ether oxygens (including phenoxy) is 1. The van der Waals surface area contributed by atoms with Crippen molar-refractivity contribution < 1.29 is 13.2 Å². The molecule has 0 spiro atoms. The topological polar surface area (TPSA) is 79.8 Å². The predicted octanol–water partition coefficient (Wildman–Crippen LogP) is 3.61. The van der Waals surface area contributed by atoms with Crippen molar-refractivity contribution in [3.8, 4) is 5.75 Å². The minimum Gasteiger partial charge on any atom is -0.493 e. The van der Waals surface area contributed by atoms with Crippen LogP contribution in [-0.2, 0) is 16.4 Å². The van der Waals surface area contributed by atoms with E-state index in [0.29, 0.717) is 31.4 Å². The van der Waals surface area contributed by atoms with Gasteiger partial charge in [0.1, 0.15) is 15.6 Å². The highest BCUT2D eigenvalue weighted by Gasteiger charge is 2.10. The number of benzene rings is 1. The molecule has 1 aromatic rings. The third kappa shape index (κ3) is 12.4. The van der Waals surface area contributed by atoms with E-state index in [2.05, 4.69) is 29.5 Å². The summed E-state index contributed by atoms with van der Waals surface area (Å²) in [5.41, 5.74) is 1.03. The van der Waals surface area contributed by atoms with E-state index in [4.69, 9.17) is 4.74 Å². The number of hydrogen-bond donors (Lipinski definition) is 2. The fourth-order valence-electron chi connectivity index (χ4n) is 2.36. The number of nitrogens with one attached hydrogen (secondary N) is 2. The van der Waals surface area contributed by atoms with Crippen LogP contribution in [0.1, 0.15) is 46.1 Å². The second-order valence-electron chi connectivity index (χ2n) is 7.30. The Morgan fingerprint density at radius 3 is 2.46 bits per heavy atom. The third-order valence-corrected chi connectivity index (χ3v) is 4.96. The molecule has 2 N–H and O–H groups in total. The molecule has 0 bridgehead atoms. The zero-order valence-electron chi connectivity index (χ0n) is 17.7. The van der Waals surface area contributed by atoms with Crippen molar-refractivity contribution in [2.24, 2.45) is 10.9 Å². The summed E-state index contributed by atoms with van der Waals surface area (Å²) in [5.74, 6) is 2.30. The Labute approximate surface area is 187 Å². The molecule has 0 heterocycles. The van der Waals surface area contributed by atoms with Gasteiger partial charge in [0.25, 0.3) is 0 Å². The maximum absolute atomic E-state index is 11.3. The maximum Gasteiger partial charge on any atom is 0.191 e. The second-order valence-corrected chi connectivity index (χ2v) is 9.56. The van der Waals surface area contributed by atoms with Gasteiger partial charge < -0.3 is 15.4 Å². The Morgan fingerprint density at radius 1 is 1.18 bits per heavy atom. The van der Waals surface area contributed by atoms with Gasteiger partial charge in [0, 0.05) is 24.4 Å². The molecule has 0 aromatic heterocycles. The summed E-state index contributed by atoms with van der Waals surface area (Å²) in [6.45, 7) is 10.2. The first-order valence-electron chi connectivity index (χ1n) is 9.64. The lowest BCUT2D eigenvalue weighted by Crippen LogP contribution is -2.42. The van der Waals surface area contributed by atoms with Crippen molar-refractivity contribution in [3.63, 3.8) is 0 Å². The first-order chi connectivity index (χ1) is 12.7. The van der Waals surface area contributed by atoms with E-state index in [1.807, 2.05) is 38.1 Å². The van der Waals surface area contributed by atoms with E-state index in [1.54, 1.807) is 0 Å². The molecular weight excluding hydrogens is 489 g/mol. The van der Waals surface area contributed by atoms with Crippen molar-refractivity contribution >= 4 is 39.8 Å². The van der Waals surface area contributed by atoms with Crippen molar-refractivity contribution in [1.29, 1.82) is 0 Å². The number of para-hydroxylation sites is 1. The average molecular weight is 525 g/mol. The maximum atomic E-state index is 11.3. The van der Waals surface area contributed by atoms with Crippen molar-refractivity contribution in [3.05, 3.63) is 29.8 Å². The summed E-state index contributed by atoms with van der Waals surface area (Å²) in [5, 5.41) is 6.48. The van der Waals surface area contributed by atoms with Gasteiger partial charge in [-0.3, -0.25) is 0 Å². The predicted molar refractivity (Wildman–Crippen MR) is 129 cm³/mol. The smallest absolute Gasteiger partial charge is 0.191 e. The van der Waals surface area contributed by atoms with Gasteiger partial charge in [-0.25, -0.2) is 13.4 Å². The van der Waals surface area contributed by atoms with E-state index in [9.17, 15) is 8.42 Å². The zero-order valence-corrected chi connectivity index (χ0v) is 20.8. The summed E-state index contributed by atoms with van der Waals surface area (Å²) in [6, 6.07) is 7.95. The highest BCUT2D eigenvalue weighted by atomic mass is 127. The molecule has 1 rings (SSSR count). The molecule has 0 aliphatic heterocycles. The Balaban J connectivity index is 0.00000729. The molecule has 0 saturated heterocycles. The van der Waals surface area contributed by atoms with Gasteiger partial charge in [-0.05, 0) is 38.7 Å². The van der Waals surface area contributed by atoms with Crippen LogP contribution in [0.15, 0.2) is 29.3 Å². The van der Waals surface area contributed by atoms with Crippen LogP contribution < -0.4 is 15.4 Å². The second kappa shape index (κ2) is 14.0. The van der Waals surface area contributed by atoms with Crippen molar-refractivity contribution in [2.75, 3.05) is 25.2 Å². The molecule has 0 radical (unpaired) electrons. The van der Waals surface area contributed by atoms with Crippen LogP contribution in [0.5, 0.6) is 5.75 Å². The first-order valence-corrected chi connectivity index (χ1v) is 11.7. The number of guanidine groups is 1. The normalized spacial score (nSPS) is 13.0. The summed E-state index contributed by atoms with van der Waals surface area (Å²) < 4.78 is 28.6. The van der Waals surface area contributed by atoms with Crippen LogP contribution in [0.2, 0.25) is 0 Å². The zero-order chi connectivity index (χ0) is 20.3. The standard InChI is InChI=1S/C20H35N3O3S.HI/c1-6-21-20(23-17(4)12-14-27(5,24)25)22-15-18-9-7-8-10-19(18)26-13-11-16(2)3;/h7-10,16-17H,6,11-15H2,1-5H3,(H2,21,22,23);1H. The fraction of sp³-hybridized carbons (Fsp3) is 0.650. The molecule has 0 fully saturated rings. The lowest BCUT2D eigenvalue weighted by atomic mass is 10.1. The number of hydrogen-bond acceptors (Lipinski definition) is 4. The molecular formula is C20H36IN3O3S. The number of halogens is 1. The number of aliphatic imine (C=N–C) groups is 1. The molecule has 0 saturated carbocycles. The summed E-state index contributed by atoms with van der Waals surface area (Å²) >= 11 is 0. The molecule has 162 valence electrons. The van der Waals surface area contributed by atoms with E-state index in [-0.39, 0.29) is 35.8 Å². The summed E-state index contributed by atoms with van der Waals surface area (Å²) in [6.07, 6.45) is 2.81. The van der Waals surface area contributed by atoms with Crippen molar-refractivity contribution in [1.82, 2.24) is 10.6 Å². The number of nitrogens with zero attached hydrogens (tertiary/aromatic N) is 1. The molecule has 1 atom stereocenters. The van der Waals surface area contributed by atoms with Gasteiger partial charge >= 0.3 is 0 Å². The first kappa shape index (κ1) is 27.0. The van der Waals surface area contributed by atoms with E-state index < -0.39 is 9.84 Å². The number of sulfone groups is 1. The van der Waals surface area contributed by atoms with Crippen LogP contribution in [0.25, 0.3) is 0 Å². The van der Waals surface area contributed by atoms with Gasteiger partial charge in [0.15, 0.2) is 5.96 Å². The van der Waals surface area contributed by atoms with E-state index in [1.165, 1.54) is 6.26 Å². The Kier molecular flexibility index (Phi) is 13.5. The summed E-state index contributed by atoms with van der Waals surface area (Å²) in [7, 11) is -2.96. The van der Waals surface area contributed by atoms with Gasteiger partial charge in [0.05, 0.1) is 18.9 Å². The van der Waals surface area contributed by atoms with Gasteiger partial charge in [-0.2, -0.15) is 0 Å². The Morgan fingerprint density at radius 2 is 1.86 bits per heavy atom. The lowest BCUT2D eigenvalue weighted by Gasteiger charge is -2.18. The van der Waals surface area contributed by atoms with Crippen LogP contribution in [0.4, 0.5) is 0 Å². The minimum absolute atomic E-state index is 0. The molecule has 28 heavy (non-hydrogen) atoms. The molecule has 0 aliphatic rings. The SMILES string of the molecule is CCNC(=NCc1ccccc1OCCC(C)C)NC(C)CCS(C)(=O)=O.I. The van der Waals surface area contributed by atoms with Gasteiger partial charge in [-0.15, -0.1) is 24.0 Å². The molecule has 6 nitrogen and oxygen atoms in total. The molecule has 0 amide bonds. The minimum atomic E-state index is -2.96. The molecule has 0 aliphatic carbocycles. The fourth-order valence-corrected chi connectivity index (χ4v) is 3.14. The Hall–Kier alpha value is -1.03. The van der Waals surface area contributed by atoms with Crippen LogP contribution in [0.3, 0.4) is 0 Å². The van der Waals surface area contributed by atoms with Crippen LogP contribution in [0, 0.1) is 5.92 Å². The molecule has 1 unspecified atom stereocenters. The van der Waals surface area contributed by atoms with Crippen molar-refractivity contribution in [2.45, 2.75) is 53.1 Å². The third-order valence-electron chi connectivity index (χ3n) is 3.98. The lowest BCUT2D eigenvalue weighted by molar-refractivity contribution is 0.287. The van der Waals surface area contributed by atoms with Gasteiger partial charge in [0.2, 0.25) is 0 Å². The largest absolute Gasteiger partial charge is 0.493 e.